The number of pyridine rings is 1. The molecule has 4 nitrogen and oxygen atoms in total. The molecular weight excluding hydrogens is 252 g/mol. The monoisotopic (exact) mass is 270 g/mol. The van der Waals surface area contributed by atoms with Gasteiger partial charge in [0.05, 0.1) is 11.1 Å². The number of fused-ring (bicyclic) bond motifs is 1. The summed E-state index contributed by atoms with van der Waals surface area (Å²) in [6.45, 7) is 1.55. The summed E-state index contributed by atoms with van der Waals surface area (Å²) in [5.74, 6) is 0.769. The number of para-hydroxylation sites is 1. The van der Waals surface area contributed by atoms with E-state index in [1.807, 2.05) is 37.4 Å². The Labute approximate surface area is 118 Å². The van der Waals surface area contributed by atoms with Crippen molar-refractivity contribution in [1.29, 1.82) is 0 Å². The molecule has 2 aromatic rings. The number of carbonyl (C=O) groups is 1. The summed E-state index contributed by atoms with van der Waals surface area (Å²) in [6, 6.07) is 10.2. The van der Waals surface area contributed by atoms with Gasteiger partial charge < -0.3 is 9.64 Å². The Morgan fingerprint density at radius 2 is 2.05 bits per heavy atom. The molecule has 0 amide bonds. The average molecular weight is 270 g/mol. The van der Waals surface area contributed by atoms with Crippen molar-refractivity contribution in [2.45, 2.75) is 18.9 Å². The van der Waals surface area contributed by atoms with Gasteiger partial charge >= 0.3 is 0 Å². The third-order valence-electron chi connectivity index (χ3n) is 3.93. The van der Waals surface area contributed by atoms with E-state index >= 15 is 0 Å². The standard InChI is InChI=1S/C16H18N2O2/c1-18(14-6-8-20-9-7-14)16-13(11-19)10-12-4-2-3-5-15(12)17-16/h2-5,10-11,14H,6-9H2,1H3. The third-order valence-corrected chi connectivity index (χ3v) is 3.93. The number of hydrogen-bond donors (Lipinski definition) is 0. The number of hydrogen-bond acceptors (Lipinski definition) is 4. The van der Waals surface area contributed by atoms with Crippen LogP contribution >= 0.6 is 0 Å². The number of carbonyl (C=O) groups excluding carboxylic acids is 1. The van der Waals surface area contributed by atoms with Gasteiger partial charge in [0.25, 0.3) is 0 Å². The summed E-state index contributed by atoms with van der Waals surface area (Å²) >= 11 is 0. The first kappa shape index (κ1) is 13.1. The van der Waals surface area contributed by atoms with E-state index in [1.54, 1.807) is 0 Å². The van der Waals surface area contributed by atoms with E-state index in [2.05, 4.69) is 9.88 Å². The van der Waals surface area contributed by atoms with Gasteiger partial charge in [0.15, 0.2) is 6.29 Å². The van der Waals surface area contributed by atoms with E-state index in [0.29, 0.717) is 11.6 Å². The van der Waals surface area contributed by atoms with Crippen molar-refractivity contribution in [1.82, 2.24) is 4.98 Å². The lowest BCUT2D eigenvalue weighted by Gasteiger charge is -2.32. The molecule has 1 aromatic carbocycles. The van der Waals surface area contributed by atoms with Crippen LogP contribution in [0.1, 0.15) is 23.2 Å². The van der Waals surface area contributed by atoms with Gasteiger partial charge in [0, 0.05) is 31.7 Å². The molecule has 1 aromatic heterocycles. The molecule has 0 bridgehead atoms. The number of ether oxygens (including phenoxy) is 1. The molecule has 20 heavy (non-hydrogen) atoms. The topological polar surface area (TPSA) is 42.4 Å². The van der Waals surface area contributed by atoms with Crippen LogP contribution < -0.4 is 4.90 Å². The predicted molar refractivity (Wildman–Crippen MR) is 79.4 cm³/mol. The number of aromatic nitrogens is 1. The summed E-state index contributed by atoms with van der Waals surface area (Å²) < 4.78 is 5.40. The van der Waals surface area contributed by atoms with Crippen LogP contribution in [0.3, 0.4) is 0 Å². The first-order chi connectivity index (χ1) is 9.79. The Bertz CT molecular complexity index is 621. The van der Waals surface area contributed by atoms with Crippen molar-refractivity contribution in [3.63, 3.8) is 0 Å². The quantitative estimate of drug-likeness (QED) is 0.804. The molecule has 0 aliphatic carbocycles. The molecule has 1 fully saturated rings. The smallest absolute Gasteiger partial charge is 0.153 e. The minimum atomic E-state index is 0.385. The van der Waals surface area contributed by atoms with Crippen molar-refractivity contribution in [2.75, 3.05) is 25.2 Å². The van der Waals surface area contributed by atoms with E-state index in [9.17, 15) is 4.79 Å². The van der Waals surface area contributed by atoms with Crippen LogP contribution in [-0.4, -0.2) is 37.6 Å². The van der Waals surface area contributed by atoms with Gasteiger partial charge in [-0.15, -0.1) is 0 Å². The molecule has 0 saturated carbocycles. The van der Waals surface area contributed by atoms with Gasteiger partial charge in [-0.2, -0.15) is 0 Å². The van der Waals surface area contributed by atoms with Gasteiger partial charge in [-0.25, -0.2) is 4.98 Å². The zero-order chi connectivity index (χ0) is 13.9. The van der Waals surface area contributed by atoms with Gasteiger partial charge in [-0.05, 0) is 25.0 Å². The van der Waals surface area contributed by atoms with E-state index in [1.165, 1.54) is 0 Å². The first-order valence-electron chi connectivity index (χ1n) is 6.95. The van der Waals surface area contributed by atoms with Crippen LogP contribution in [0.15, 0.2) is 30.3 Å². The Morgan fingerprint density at radius 1 is 1.30 bits per heavy atom. The highest BCUT2D eigenvalue weighted by Crippen LogP contribution is 2.25. The Hall–Kier alpha value is -1.94. The fraction of sp³-hybridized carbons (Fsp3) is 0.375. The maximum Gasteiger partial charge on any atom is 0.153 e. The second-order valence-electron chi connectivity index (χ2n) is 5.17. The average Bonchev–Trinajstić information content (AvgIpc) is 2.53. The van der Waals surface area contributed by atoms with Crippen LogP contribution in [-0.2, 0) is 4.74 Å². The fourth-order valence-corrected chi connectivity index (χ4v) is 2.74. The molecule has 3 rings (SSSR count). The Balaban J connectivity index is 2.02. The van der Waals surface area contributed by atoms with E-state index < -0.39 is 0 Å². The predicted octanol–water partition coefficient (Wildman–Crippen LogP) is 2.66. The maximum atomic E-state index is 11.4. The Kier molecular flexibility index (Phi) is 3.65. The van der Waals surface area contributed by atoms with Crippen molar-refractivity contribution >= 4 is 23.0 Å². The summed E-state index contributed by atoms with van der Waals surface area (Å²) in [5, 5.41) is 0.999. The number of benzene rings is 1. The normalized spacial score (nSPS) is 16.2. The van der Waals surface area contributed by atoms with E-state index in [-0.39, 0.29) is 0 Å². The SMILES string of the molecule is CN(c1nc2ccccc2cc1C=O)C1CCOCC1. The third kappa shape index (κ3) is 2.39. The zero-order valence-corrected chi connectivity index (χ0v) is 11.6. The first-order valence-corrected chi connectivity index (χ1v) is 6.95. The highest BCUT2D eigenvalue weighted by Gasteiger charge is 2.21. The molecular formula is C16H18N2O2. The Morgan fingerprint density at radius 3 is 2.80 bits per heavy atom. The van der Waals surface area contributed by atoms with Gasteiger partial charge in [-0.1, -0.05) is 18.2 Å². The van der Waals surface area contributed by atoms with Gasteiger partial charge in [0.2, 0.25) is 0 Å². The number of nitrogens with zero attached hydrogens (tertiary/aromatic N) is 2. The van der Waals surface area contributed by atoms with E-state index in [4.69, 9.17) is 4.74 Å². The molecule has 0 unspecified atom stereocenters. The molecule has 1 aliphatic heterocycles. The molecule has 1 saturated heterocycles. The molecule has 1 aliphatic rings. The summed E-state index contributed by atoms with van der Waals surface area (Å²) in [4.78, 5) is 18.2. The molecule has 0 spiro atoms. The van der Waals surface area contributed by atoms with Crippen LogP contribution in [0.4, 0.5) is 5.82 Å². The number of aldehydes is 1. The highest BCUT2D eigenvalue weighted by atomic mass is 16.5. The molecule has 0 radical (unpaired) electrons. The van der Waals surface area contributed by atoms with Crippen molar-refractivity contribution in [3.05, 3.63) is 35.9 Å². The summed E-state index contributed by atoms with van der Waals surface area (Å²) in [6.07, 6.45) is 2.84. The maximum absolute atomic E-state index is 11.4. The lowest BCUT2D eigenvalue weighted by Crippen LogP contribution is -2.37. The van der Waals surface area contributed by atoms with Crippen molar-refractivity contribution in [3.8, 4) is 0 Å². The van der Waals surface area contributed by atoms with Crippen LogP contribution in [0.5, 0.6) is 0 Å². The zero-order valence-electron chi connectivity index (χ0n) is 11.6. The molecule has 104 valence electrons. The van der Waals surface area contributed by atoms with Gasteiger partial charge in [0.1, 0.15) is 5.82 Å². The minimum absolute atomic E-state index is 0.385. The minimum Gasteiger partial charge on any atom is -0.381 e. The van der Waals surface area contributed by atoms with Crippen LogP contribution in [0, 0.1) is 0 Å². The molecule has 0 N–H and O–H groups in total. The van der Waals surface area contributed by atoms with Crippen molar-refractivity contribution in [2.24, 2.45) is 0 Å². The van der Waals surface area contributed by atoms with Crippen LogP contribution in [0.2, 0.25) is 0 Å². The number of rotatable bonds is 3. The summed E-state index contributed by atoms with van der Waals surface area (Å²) in [7, 11) is 2.01. The number of anilines is 1. The molecule has 2 heterocycles. The molecule has 4 heteroatoms. The fourth-order valence-electron chi connectivity index (χ4n) is 2.74. The van der Waals surface area contributed by atoms with E-state index in [0.717, 1.165) is 49.1 Å². The van der Waals surface area contributed by atoms with Gasteiger partial charge in [-0.3, -0.25) is 4.79 Å². The largest absolute Gasteiger partial charge is 0.381 e. The highest BCUT2D eigenvalue weighted by molar-refractivity contribution is 5.91. The second-order valence-corrected chi connectivity index (χ2v) is 5.17. The van der Waals surface area contributed by atoms with Crippen LogP contribution in [0.25, 0.3) is 10.9 Å². The van der Waals surface area contributed by atoms with Crippen molar-refractivity contribution < 1.29 is 9.53 Å². The lowest BCUT2D eigenvalue weighted by atomic mass is 10.1. The second kappa shape index (κ2) is 5.59. The molecule has 0 atom stereocenters. The summed E-state index contributed by atoms with van der Waals surface area (Å²) in [5.41, 5.74) is 1.57. The lowest BCUT2D eigenvalue weighted by molar-refractivity contribution is 0.0853.